The zero-order valence-corrected chi connectivity index (χ0v) is 16.5. The van der Waals surface area contributed by atoms with Crippen molar-refractivity contribution in [1.29, 1.82) is 0 Å². The molecule has 30 heavy (non-hydrogen) atoms. The first-order valence-electron chi connectivity index (χ1n) is 8.93. The molecule has 0 saturated heterocycles. The van der Waals surface area contributed by atoms with Gasteiger partial charge in [-0.1, -0.05) is 24.3 Å². The van der Waals surface area contributed by atoms with Gasteiger partial charge in [-0.05, 0) is 58.6 Å². The zero-order chi connectivity index (χ0) is 21.7. The molecule has 1 aliphatic rings. The highest BCUT2D eigenvalue weighted by molar-refractivity contribution is 7.89. The maximum atomic E-state index is 13.7. The number of sulfonamides is 1. The lowest BCUT2D eigenvalue weighted by Crippen LogP contribution is -2.21. The van der Waals surface area contributed by atoms with Crippen LogP contribution in [0.5, 0.6) is 0 Å². The van der Waals surface area contributed by atoms with Gasteiger partial charge in [-0.15, -0.1) is 5.10 Å². The first kappa shape index (κ1) is 20.4. The van der Waals surface area contributed by atoms with E-state index in [-0.39, 0.29) is 23.0 Å². The largest absolute Gasteiger partial charge is 0.417 e. The SMILES string of the molecule is CNC1CCc2c(-c3ccc(C(F)(F)F)c(S(N)(=O)=O)c3-c3nnn[nH]3)cccc21. The van der Waals surface area contributed by atoms with E-state index < -0.39 is 26.7 Å². The predicted octanol–water partition coefficient (Wildman–Crippen LogP) is 2.41. The molecule has 0 bridgehead atoms. The van der Waals surface area contributed by atoms with Crippen molar-refractivity contribution in [2.24, 2.45) is 5.14 Å². The highest BCUT2D eigenvalue weighted by atomic mass is 32.2. The average molecular weight is 438 g/mol. The molecule has 4 N–H and O–H groups in total. The molecule has 158 valence electrons. The molecule has 0 fully saturated rings. The molecule has 12 heteroatoms. The molecule has 0 amide bonds. The molecular formula is C18H17F3N6O2S. The maximum Gasteiger partial charge on any atom is 0.417 e. The number of aromatic nitrogens is 4. The van der Waals surface area contributed by atoms with E-state index >= 15 is 0 Å². The Bertz CT molecular complexity index is 1210. The fourth-order valence-corrected chi connectivity index (χ4v) is 5.01. The summed E-state index contributed by atoms with van der Waals surface area (Å²) in [6.45, 7) is 0. The summed E-state index contributed by atoms with van der Waals surface area (Å²) in [7, 11) is -2.95. The van der Waals surface area contributed by atoms with Crippen LogP contribution in [0.25, 0.3) is 22.5 Å². The normalized spacial score (nSPS) is 16.6. The van der Waals surface area contributed by atoms with Gasteiger partial charge < -0.3 is 5.32 Å². The van der Waals surface area contributed by atoms with Crippen molar-refractivity contribution >= 4 is 10.0 Å². The van der Waals surface area contributed by atoms with Crippen molar-refractivity contribution in [3.63, 3.8) is 0 Å². The quantitative estimate of drug-likeness (QED) is 0.574. The number of nitrogens with zero attached hydrogens (tertiary/aromatic N) is 3. The molecule has 0 spiro atoms. The van der Waals surface area contributed by atoms with E-state index in [1.807, 2.05) is 13.1 Å². The van der Waals surface area contributed by atoms with Crippen molar-refractivity contribution in [3.05, 3.63) is 47.0 Å². The Kier molecular flexibility index (Phi) is 4.87. The maximum absolute atomic E-state index is 13.7. The minimum absolute atomic E-state index is 0.0995. The van der Waals surface area contributed by atoms with Crippen LogP contribution in [-0.4, -0.2) is 36.1 Å². The highest BCUT2D eigenvalue weighted by Crippen LogP contribution is 2.45. The Morgan fingerprint density at radius 3 is 2.57 bits per heavy atom. The fraction of sp³-hybridized carbons (Fsp3) is 0.278. The summed E-state index contributed by atoms with van der Waals surface area (Å²) in [6, 6.07) is 7.51. The van der Waals surface area contributed by atoms with E-state index in [0.717, 1.165) is 23.6 Å². The summed E-state index contributed by atoms with van der Waals surface area (Å²) >= 11 is 0. The second kappa shape index (κ2) is 7.15. The van der Waals surface area contributed by atoms with Crippen molar-refractivity contribution in [1.82, 2.24) is 25.9 Å². The molecule has 0 saturated carbocycles. The Hall–Kier alpha value is -2.83. The second-order valence-electron chi connectivity index (χ2n) is 6.91. The van der Waals surface area contributed by atoms with E-state index in [1.54, 1.807) is 12.1 Å². The van der Waals surface area contributed by atoms with Gasteiger partial charge in [-0.2, -0.15) is 13.2 Å². The van der Waals surface area contributed by atoms with Crippen molar-refractivity contribution in [2.45, 2.75) is 30.0 Å². The number of fused-ring (bicyclic) bond motifs is 1. The first-order chi connectivity index (χ1) is 14.1. The van der Waals surface area contributed by atoms with Crippen LogP contribution in [0.3, 0.4) is 0 Å². The van der Waals surface area contributed by atoms with Crippen LogP contribution in [0, 0.1) is 0 Å². The van der Waals surface area contributed by atoms with E-state index in [1.165, 1.54) is 6.07 Å². The summed E-state index contributed by atoms with van der Waals surface area (Å²) in [6.07, 6.45) is -3.46. The fourth-order valence-electron chi connectivity index (χ4n) is 4.03. The number of H-pyrrole nitrogens is 1. The van der Waals surface area contributed by atoms with E-state index in [9.17, 15) is 21.6 Å². The molecule has 1 atom stereocenters. The summed E-state index contributed by atoms with van der Waals surface area (Å²) in [4.78, 5) is -1.06. The van der Waals surface area contributed by atoms with Gasteiger partial charge in [0.25, 0.3) is 0 Å². The Morgan fingerprint density at radius 2 is 1.97 bits per heavy atom. The van der Waals surface area contributed by atoms with Crippen LogP contribution in [0.2, 0.25) is 0 Å². The number of rotatable bonds is 4. The molecule has 1 aliphatic carbocycles. The highest BCUT2D eigenvalue weighted by Gasteiger charge is 2.40. The van der Waals surface area contributed by atoms with Crippen LogP contribution in [0.4, 0.5) is 13.2 Å². The molecule has 4 rings (SSSR count). The van der Waals surface area contributed by atoms with Gasteiger partial charge in [0, 0.05) is 11.6 Å². The third-order valence-corrected chi connectivity index (χ3v) is 6.23. The number of hydrogen-bond acceptors (Lipinski definition) is 6. The molecule has 8 nitrogen and oxygen atoms in total. The van der Waals surface area contributed by atoms with Crippen LogP contribution in [-0.2, 0) is 22.6 Å². The number of tetrazole rings is 1. The number of benzene rings is 2. The standard InChI is InChI=1S/C18H17F3N6O2S/c1-23-14-8-6-10-9(3-2-4-11(10)14)12-5-7-13(18(19,20)21)16(30(22,28)29)15(12)17-24-26-27-25-17/h2-5,7,14,23H,6,8H2,1H3,(H2,22,28,29)(H,24,25,26,27). The summed E-state index contributed by atoms with van der Waals surface area (Å²) in [5.41, 5.74) is 1.10. The Balaban J connectivity index is 2.11. The summed E-state index contributed by atoms with van der Waals surface area (Å²) < 4.78 is 65.6. The second-order valence-corrected chi connectivity index (χ2v) is 8.41. The van der Waals surface area contributed by atoms with E-state index in [0.29, 0.717) is 12.0 Å². The third-order valence-electron chi connectivity index (χ3n) is 5.24. The van der Waals surface area contributed by atoms with Crippen molar-refractivity contribution in [3.8, 4) is 22.5 Å². The number of nitrogens with one attached hydrogen (secondary N) is 2. The van der Waals surface area contributed by atoms with Gasteiger partial charge >= 0.3 is 6.18 Å². The molecule has 1 unspecified atom stereocenters. The average Bonchev–Trinajstić information content (AvgIpc) is 3.34. The molecule has 1 aromatic heterocycles. The summed E-state index contributed by atoms with van der Waals surface area (Å²) in [5.74, 6) is -0.221. The van der Waals surface area contributed by atoms with Crippen molar-refractivity contribution < 1.29 is 21.6 Å². The molecule has 0 aliphatic heterocycles. The minimum Gasteiger partial charge on any atom is -0.313 e. The number of alkyl halides is 3. The topological polar surface area (TPSA) is 127 Å². The lowest BCUT2D eigenvalue weighted by Gasteiger charge is -2.19. The summed E-state index contributed by atoms with van der Waals surface area (Å²) in [5, 5.41) is 21.3. The number of primary sulfonamides is 1. The number of nitrogens with two attached hydrogens (primary N) is 1. The lowest BCUT2D eigenvalue weighted by molar-refractivity contribution is -0.139. The molecule has 2 aromatic carbocycles. The van der Waals surface area contributed by atoms with Crippen LogP contribution in [0.1, 0.15) is 29.2 Å². The molecule has 1 heterocycles. The van der Waals surface area contributed by atoms with Crippen LogP contribution < -0.4 is 10.5 Å². The van der Waals surface area contributed by atoms with Gasteiger partial charge in [-0.3, -0.25) is 0 Å². The molecule has 0 radical (unpaired) electrons. The Morgan fingerprint density at radius 1 is 1.20 bits per heavy atom. The number of hydrogen-bond donors (Lipinski definition) is 3. The number of aromatic amines is 1. The van der Waals surface area contributed by atoms with Gasteiger partial charge in [0.15, 0.2) is 5.82 Å². The van der Waals surface area contributed by atoms with Gasteiger partial charge in [0.1, 0.15) is 4.90 Å². The van der Waals surface area contributed by atoms with Crippen LogP contribution in [0.15, 0.2) is 35.2 Å². The monoisotopic (exact) mass is 438 g/mol. The number of halogens is 3. The zero-order valence-electron chi connectivity index (χ0n) is 15.7. The molecular weight excluding hydrogens is 421 g/mol. The van der Waals surface area contributed by atoms with E-state index in [4.69, 9.17) is 5.14 Å². The molecule has 3 aromatic rings. The lowest BCUT2D eigenvalue weighted by atomic mass is 9.91. The van der Waals surface area contributed by atoms with Gasteiger partial charge in [0.05, 0.1) is 5.56 Å². The third kappa shape index (κ3) is 3.36. The minimum atomic E-state index is -4.95. The smallest absolute Gasteiger partial charge is 0.313 e. The van der Waals surface area contributed by atoms with Crippen LogP contribution >= 0.6 is 0 Å². The van der Waals surface area contributed by atoms with Crippen molar-refractivity contribution in [2.75, 3.05) is 7.05 Å². The van der Waals surface area contributed by atoms with Gasteiger partial charge in [-0.25, -0.2) is 18.7 Å². The first-order valence-corrected chi connectivity index (χ1v) is 10.5. The van der Waals surface area contributed by atoms with Gasteiger partial charge in [0.2, 0.25) is 10.0 Å². The Labute approximate surface area is 169 Å². The van der Waals surface area contributed by atoms with E-state index in [2.05, 4.69) is 25.9 Å². The predicted molar refractivity (Wildman–Crippen MR) is 102 cm³/mol.